The lowest BCUT2D eigenvalue weighted by Crippen LogP contribution is -2.48. The fourth-order valence-corrected chi connectivity index (χ4v) is 5.68. The Kier molecular flexibility index (Phi) is 9.11. The highest BCUT2D eigenvalue weighted by Crippen LogP contribution is 2.23. The van der Waals surface area contributed by atoms with E-state index in [2.05, 4.69) is 10.0 Å². The highest BCUT2D eigenvalue weighted by molar-refractivity contribution is 7.90. The third kappa shape index (κ3) is 7.19. The molecule has 10 heteroatoms. The number of hydrogen-bond donors (Lipinski definition) is 2. The molecule has 1 fully saturated rings. The van der Waals surface area contributed by atoms with E-state index in [0.29, 0.717) is 26.2 Å². The number of nitrogens with zero attached hydrogens (tertiary/aromatic N) is 1. The predicted octanol–water partition coefficient (Wildman–Crippen LogP) is 2.39. The van der Waals surface area contributed by atoms with E-state index >= 15 is 0 Å². The molecule has 8 nitrogen and oxygen atoms in total. The Labute approximate surface area is 181 Å². The molecule has 1 aromatic rings. The molecule has 0 bridgehead atoms. The van der Waals surface area contributed by atoms with Crippen LogP contribution in [0, 0.1) is 0 Å². The smallest absolute Gasteiger partial charge is 0.243 e. The minimum absolute atomic E-state index is 0.130. The van der Waals surface area contributed by atoms with Gasteiger partial charge < -0.3 is 10.1 Å². The fraction of sp³-hybridized carbons (Fsp3) is 0.700. The van der Waals surface area contributed by atoms with Gasteiger partial charge in [-0.1, -0.05) is 12.5 Å². The molecule has 1 saturated heterocycles. The van der Waals surface area contributed by atoms with Crippen molar-refractivity contribution in [3.8, 4) is 0 Å². The Morgan fingerprint density at radius 1 is 1.03 bits per heavy atom. The van der Waals surface area contributed by atoms with E-state index < -0.39 is 25.3 Å². The van der Waals surface area contributed by atoms with Gasteiger partial charge in [0, 0.05) is 31.9 Å². The third-order valence-electron chi connectivity index (χ3n) is 4.96. The summed E-state index contributed by atoms with van der Waals surface area (Å²) in [4.78, 5) is 0.275. The van der Waals surface area contributed by atoms with Gasteiger partial charge in [0.05, 0.1) is 22.4 Å². The predicted molar refractivity (Wildman–Crippen MR) is 120 cm³/mol. The number of benzene rings is 1. The maximum absolute atomic E-state index is 13.0. The van der Waals surface area contributed by atoms with Crippen LogP contribution in [0.2, 0.25) is 0 Å². The highest BCUT2D eigenvalue weighted by atomic mass is 32.2. The average molecular weight is 462 g/mol. The number of unbranched alkanes of at least 4 members (excludes halogenated alkanes) is 2. The number of anilines is 1. The van der Waals surface area contributed by atoms with Gasteiger partial charge in [-0.25, -0.2) is 21.6 Å². The fourth-order valence-electron chi connectivity index (χ4n) is 3.28. The van der Waals surface area contributed by atoms with Crippen LogP contribution in [0.5, 0.6) is 0 Å². The van der Waals surface area contributed by atoms with Crippen LogP contribution >= 0.6 is 0 Å². The normalized spacial score (nSPS) is 21.1. The minimum atomic E-state index is -3.57. The summed E-state index contributed by atoms with van der Waals surface area (Å²) in [7, 11) is -6.77. The average Bonchev–Trinajstić information content (AvgIpc) is 2.66. The summed E-state index contributed by atoms with van der Waals surface area (Å²) < 4.78 is 59.1. The van der Waals surface area contributed by atoms with Gasteiger partial charge in [0.15, 0.2) is 0 Å². The maximum Gasteiger partial charge on any atom is 0.243 e. The molecule has 0 aliphatic carbocycles. The van der Waals surface area contributed by atoms with Crippen LogP contribution in [0.15, 0.2) is 29.2 Å². The molecule has 0 radical (unpaired) electrons. The molecule has 0 amide bonds. The molecule has 172 valence electrons. The summed E-state index contributed by atoms with van der Waals surface area (Å²) in [6.45, 7) is 8.89. The van der Waals surface area contributed by atoms with Crippen LogP contribution in [-0.2, 0) is 24.8 Å². The van der Waals surface area contributed by atoms with Crippen LogP contribution in [0.4, 0.5) is 5.69 Å². The lowest BCUT2D eigenvalue weighted by Gasteiger charge is -2.34. The molecule has 2 atom stereocenters. The molecule has 1 aliphatic rings. The first-order valence-electron chi connectivity index (χ1n) is 10.5. The molecule has 2 rings (SSSR count). The quantitative estimate of drug-likeness (QED) is 0.490. The van der Waals surface area contributed by atoms with Crippen LogP contribution < -0.4 is 10.0 Å². The monoisotopic (exact) mass is 461 g/mol. The van der Waals surface area contributed by atoms with Crippen LogP contribution in [0.1, 0.15) is 47.0 Å². The lowest BCUT2D eigenvalue weighted by atomic mass is 10.2. The first-order valence-corrected chi connectivity index (χ1v) is 13.5. The van der Waals surface area contributed by atoms with Crippen LogP contribution in [-0.4, -0.2) is 64.8 Å². The van der Waals surface area contributed by atoms with E-state index in [-0.39, 0.29) is 17.1 Å². The summed E-state index contributed by atoms with van der Waals surface area (Å²) in [6, 6.07) is 6.87. The van der Waals surface area contributed by atoms with Gasteiger partial charge in [-0.05, 0) is 58.7 Å². The first-order chi connectivity index (χ1) is 14.0. The van der Waals surface area contributed by atoms with E-state index in [9.17, 15) is 16.8 Å². The topological polar surface area (TPSA) is 105 Å². The van der Waals surface area contributed by atoms with Gasteiger partial charge in [-0.15, -0.1) is 0 Å². The zero-order valence-electron chi connectivity index (χ0n) is 18.3. The standard InChI is InChI=1S/C20H35N3O5S2/c1-16(2)29(24,25)22-12-7-5-6-11-21-19-9-8-10-20(13-19)30(26,27)23-14-17(3)28-18(4)15-23/h8-10,13,16-18,21-22H,5-7,11-12,14-15H2,1-4H3. The molecule has 1 aromatic carbocycles. The van der Waals surface area contributed by atoms with Crippen molar-refractivity contribution >= 4 is 25.7 Å². The van der Waals surface area contributed by atoms with Crippen molar-refractivity contribution in [2.24, 2.45) is 0 Å². The number of rotatable bonds is 11. The molecule has 0 aromatic heterocycles. The zero-order valence-corrected chi connectivity index (χ0v) is 19.9. The Bertz CT molecular complexity index is 877. The number of nitrogens with one attached hydrogen (secondary N) is 2. The summed E-state index contributed by atoms with van der Waals surface area (Å²) in [5.41, 5.74) is 0.756. The van der Waals surface area contributed by atoms with Crippen LogP contribution in [0.25, 0.3) is 0 Å². The second-order valence-electron chi connectivity index (χ2n) is 8.08. The highest BCUT2D eigenvalue weighted by Gasteiger charge is 2.32. The van der Waals surface area contributed by atoms with E-state index in [1.54, 1.807) is 32.0 Å². The zero-order chi connectivity index (χ0) is 22.4. The summed E-state index contributed by atoms with van der Waals surface area (Å²) in [5.74, 6) is 0. The van der Waals surface area contributed by atoms with Gasteiger partial charge in [0.25, 0.3) is 0 Å². The molecular formula is C20H35N3O5S2. The Hall–Kier alpha value is -1.20. The molecule has 2 unspecified atom stereocenters. The van der Waals surface area contributed by atoms with Gasteiger partial charge in [0.2, 0.25) is 20.0 Å². The van der Waals surface area contributed by atoms with Crippen LogP contribution in [0.3, 0.4) is 0 Å². The van der Waals surface area contributed by atoms with E-state index in [1.165, 1.54) is 4.31 Å². The van der Waals surface area contributed by atoms with Crippen molar-refractivity contribution in [1.29, 1.82) is 0 Å². The Balaban J connectivity index is 1.82. The van der Waals surface area contributed by atoms with Crippen molar-refractivity contribution in [3.63, 3.8) is 0 Å². The molecule has 0 spiro atoms. The van der Waals surface area contributed by atoms with Crippen molar-refractivity contribution in [2.75, 3.05) is 31.5 Å². The lowest BCUT2D eigenvalue weighted by molar-refractivity contribution is -0.0440. The summed E-state index contributed by atoms with van der Waals surface area (Å²) >= 11 is 0. The van der Waals surface area contributed by atoms with Crippen molar-refractivity contribution in [3.05, 3.63) is 24.3 Å². The molecule has 1 aliphatic heterocycles. The first kappa shape index (κ1) is 25.1. The second kappa shape index (κ2) is 10.9. The van der Waals surface area contributed by atoms with Gasteiger partial charge in [0.1, 0.15) is 0 Å². The second-order valence-corrected chi connectivity index (χ2v) is 12.3. The molecule has 30 heavy (non-hydrogen) atoms. The minimum Gasteiger partial charge on any atom is -0.385 e. The molecular weight excluding hydrogens is 426 g/mol. The maximum atomic E-state index is 13.0. The number of sulfonamides is 2. The van der Waals surface area contributed by atoms with Crippen molar-refractivity contribution in [1.82, 2.24) is 9.03 Å². The number of morpholine rings is 1. The molecule has 0 saturated carbocycles. The summed E-state index contributed by atoms with van der Waals surface area (Å²) in [6.07, 6.45) is 2.23. The Morgan fingerprint density at radius 3 is 2.30 bits per heavy atom. The largest absolute Gasteiger partial charge is 0.385 e. The molecule has 1 heterocycles. The van der Waals surface area contributed by atoms with E-state index in [1.807, 2.05) is 19.9 Å². The molecule has 2 N–H and O–H groups in total. The third-order valence-corrected chi connectivity index (χ3v) is 8.64. The van der Waals surface area contributed by atoms with Gasteiger partial charge in [-0.2, -0.15) is 4.31 Å². The van der Waals surface area contributed by atoms with E-state index in [0.717, 1.165) is 24.9 Å². The van der Waals surface area contributed by atoms with Gasteiger partial charge >= 0.3 is 0 Å². The SMILES string of the molecule is CC1CN(S(=O)(=O)c2cccc(NCCCCCNS(=O)(=O)C(C)C)c2)CC(C)O1. The van der Waals surface area contributed by atoms with Crippen molar-refractivity contribution in [2.45, 2.75) is 69.3 Å². The Morgan fingerprint density at radius 2 is 1.67 bits per heavy atom. The van der Waals surface area contributed by atoms with E-state index in [4.69, 9.17) is 4.74 Å². The van der Waals surface area contributed by atoms with Gasteiger partial charge in [-0.3, -0.25) is 0 Å². The van der Waals surface area contributed by atoms with Crippen molar-refractivity contribution < 1.29 is 21.6 Å². The number of ether oxygens (including phenoxy) is 1. The number of hydrogen-bond acceptors (Lipinski definition) is 6. The summed E-state index contributed by atoms with van der Waals surface area (Å²) in [5, 5.41) is 2.83.